The molecule has 0 spiro atoms. The Kier molecular flexibility index (Phi) is 5.51. The molecule has 0 bridgehead atoms. The van der Waals surface area contributed by atoms with Gasteiger partial charge in [0.2, 0.25) is 0 Å². The van der Waals surface area contributed by atoms with Gasteiger partial charge in [-0.05, 0) is 35.8 Å². The van der Waals surface area contributed by atoms with Crippen LogP contribution in [0.1, 0.15) is 26.7 Å². The smallest absolute Gasteiger partial charge is 0.303 e. The zero-order chi connectivity index (χ0) is 24.4. The minimum absolute atomic E-state index is 0.188. The van der Waals surface area contributed by atoms with Gasteiger partial charge in [0, 0.05) is 26.7 Å². The Labute approximate surface area is 206 Å². The van der Waals surface area contributed by atoms with E-state index in [1.807, 2.05) is 36.8 Å². The number of carbonyl (C=O) groups excluding carboxylic acids is 4. The summed E-state index contributed by atoms with van der Waals surface area (Å²) in [5.74, 6) is -1.26. The molecule has 180 valence electrons. The summed E-state index contributed by atoms with van der Waals surface area (Å²) in [5, 5.41) is 0. The number of rotatable bonds is 4. The molecule has 2 aliphatic carbocycles. The maximum absolute atomic E-state index is 14.5. The first-order chi connectivity index (χ1) is 16.2. The highest BCUT2D eigenvalue weighted by molar-refractivity contribution is 8.01. The number of piperazine rings is 1. The molecule has 2 amide bonds. The second kappa shape index (κ2) is 8.05. The van der Waals surface area contributed by atoms with Gasteiger partial charge in [0.25, 0.3) is 11.8 Å². The third-order valence-corrected chi connectivity index (χ3v) is 9.59. The number of carbonyl (C=O) groups is 4. The first-order valence-electron chi connectivity index (χ1n) is 11.1. The number of thioether (sulfide) groups is 2. The van der Waals surface area contributed by atoms with Gasteiger partial charge in [-0.15, -0.1) is 23.5 Å². The Balaban J connectivity index is 1.64. The van der Waals surface area contributed by atoms with E-state index in [9.17, 15) is 19.2 Å². The van der Waals surface area contributed by atoms with Crippen molar-refractivity contribution in [2.45, 2.75) is 60.7 Å². The second-order valence-electron chi connectivity index (χ2n) is 8.97. The Morgan fingerprint density at radius 2 is 1.21 bits per heavy atom. The van der Waals surface area contributed by atoms with Crippen LogP contribution in [0.2, 0.25) is 0 Å². The van der Waals surface area contributed by atoms with Crippen LogP contribution in [0, 0.1) is 0 Å². The number of fused-ring (bicyclic) bond motifs is 6. The van der Waals surface area contributed by atoms with Crippen molar-refractivity contribution >= 4 is 47.3 Å². The van der Waals surface area contributed by atoms with Crippen LogP contribution < -0.4 is 0 Å². The number of ether oxygens (including phenoxy) is 2. The molecule has 0 saturated carbocycles. The Hall–Kier alpha value is -2.46. The Morgan fingerprint density at radius 1 is 0.824 bits per heavy atom. The molecule has 0 aromatic rings. The molecular formula is C24H26N2O6S2. The highest BCUT2D eigenvalue weighted by Crippen LogP contribution is 2.59. The molecule has 5 rings (SSSR count). The summed E-state index contributed by atoms with van der Waals surface area (Å²) in [6.45, 7) is 2.68. The standard InChI is InChI=1S/C24H26N2O6S2/c1-13(27)31-17-9-5-7-15-11-23(33-3)22(30)26-20-16(8-6-10-18(20)32-14(2)28)12-24(26,34-4)21(29)25(23)19(15)17/h5-10,17-20H,11-12H2,1-4H3/t17-,18-,19-,20-,23+,24+/m0/s1. The lowest BCUT2D eigenvalue weighted by Crippen LogP contribution is -2.74. The lowest BCUT2D eigenvalue weighted by atomic mass is 9.95. The average molecular weight is 503 g/mol. The lowest BCUT2D eigenvalue weighted by molar-refractivity contribution is -0.171. The van der Waals surface area contributed by atoms with E-state index in [0.717, 1.165) is 11.1 Å². The van der Waals surface area contributed by atoms with Crippen molar-refractivity contribution in [2.75, 3.05) is 12.5 Å². The van der Waals surface area contributed by atoms with E-state index in [0.29, 0.717) is 12.8 Å². The number of hydrogen-bond acceptors (Lipinski definition) is 8. The fraction of sp³-hybridized carbons (Fsp3) is 0.500. The molecule has 0 aromatic heterocycles. The van der Waals surface area contributed by atoms with Crippen LogP contribution in [0.25, 0.3) is 0 Å². The fourth-order valence-corrected chi connectivity index (χ4v) is 7.91. The number of amides is 2. The highest BCUT2D eigenvalue weighted by Gasteiger charge is 2.72. The molecule has 3 saturated heterocycles. The van der Waals surface area contributed by atoms with Gasteiger partial charge in [-0.3, -0.25) is 19.2 Å². The van der Waals surface area contributed by atoms with E-state index in [1.54, 1.807) is 22.0 Å². The number of allylic oxidation sites excluding steroid dienone is 4. The summed E-state index contributed by atoms with van der Waals surface area (Å²) < 4.78 is 11.2. The van der Waals surface area contributed by atoms with Gasteiger partial charge < -0.3 is 19.3 Å². The summed E-state index contributed by atoms with van der Waals surface area (Å²) in [7, 11) is 0. The summed E-state index contributed by atoms with van der Waals surface area (Å²) >= 11 is 2.65. The SMILES string of the molecule is CS[C@@]12CC3=CC=C[C@H](OC(C)=O)[C@H]3N1C(=O)[C@]1(SC)CC3=CC=C[C@H](OC(C)=O)[C@H]3N1C2=O. The topological polar surface area (TPSA) is 93.2 Å². The zero-order valence-electron chi connectivity index (χ0n) is 19.3. The molecule has 34 heavy (non-hydrogen) atoms. The van der Waals surface area contributed by atoms with Gasteiger partial charge in [-0.1, -0.05) is 24.3 Å². The van der Waals surface area contributed by atoms with Crippen LogP contribution in [-0.4, -0.2) is 80.1 Å². The molecule has 3 heterocycles. The molecule has 3 aliphatic heterocycles. The molecule has 0 radical (unpaired) electrons. The molecule has 8 nitrogen and oxygen atoms in total. The number of esters is 2. The summed E-state index contributed by atoms with van der Waals surface area (Å²) in [5.41, 5.74) is 1.77. The summed E-state index contributed by atoms with van der Waals surface area (Å²) in [6.07, 6.45) is 14.0. The normalized spacial score (nSPS) is 37.4. The highest BCUT2D eigenvalue weighted by atomic mass is 32.2. The van der Waals surface area contributed by atoms with Crippen molar-refractivity contribution in [2.24, 2.45) is 0 Å². The molecule has 10 heteroatoms. The molecule has 3 fully saturated rings. The Morgan fingerprint density at radius 3 is 1.53 bits per heavy atom. The van der Waals surface area contributed by atoms with Gasteiger partial charge in [0.05, 0.1) is 12.1 Å². The average Bonchev–Trinajstić information content (AvgIpc) is 3.33. The van der Waals surface area contributed by atoms with Crippen molar-refractivity contribution < 1.29 is 28.7 Å². The van der Waals surface area contributed by atoms with Crippen molar-refractivity contribution in [1.82, 2.24) is 9.80 Å². The van der Waals surface area contributed by atoms with E-state index in [2.05, 4.69) is 0 Å². The summed E-state index contributed by atoms with van der Waals surface area (Å²) in [6, 6.07) is -1.08. The van der Waals surface area contributed by atoms with Gasteiger partial charge in [-0.25, -0.2) is 0 Å². The van der Waals surface area contributed by atoms with Gasteiger partial charge in [0.15, 0.2) is 9.74 Å². The van der Waals surface area contributed by atoms with Crippen LogP contribution >= 0.6 is 23.5 Å². The predicted octanol–water partition coefficient (Wildman–Crippen LogP) is 2.18. The first-order valence-corrected chi connectivity index (χ1v) is 13.5. The van der Waals surface area contributed by atoms with Crippen molar-refractivity contribution in [3.63, 3.8) is 0 Å². The molecule has 5 aliphatic rings. The zero-order valence-corrected chi connectivity index (χ0v) is 21.0. The van der Waals surface area contributed by atoms with Crippen molar-refractivity contribution in [1.29, 1.82) is 0 Å². The van der Waals surface area contributed by atoms with Crippen molar-refractivity contribution in [3.8, 4) is 0 Å². The molecule has 0 N–H and O–H groups in total. The molecule has 0 aromatic carbocycles. The quantitative estimate of drug-likeness (QED) is 0.540. The minimum Gasteiger partial charge on any atom is -0.456 e. The van der Waals surface area contributed by atoms with Gasteiger partial charge in [-0.2, -0.15) is 0 Å². The fourth-order valence-electron chi connectivity index (χ4n) is 5.95. The first kappa shape index (κ1) is 23.3. The molecular weight excluding hydrogens is 476 g/mol. The minimum atomic E-state index is -1.17. The third kappa shape index (κ3) is 3.00. The van der Waals surface area contributed by atoms with E-state index in [4.69, 9.17) is 9.47 Å². The van der Waals surface area contributed by atoms with Gasteiger partial charge in [0.1, 0.15) is 12.2 Å². The largest absolute Gasteiger partial charge is 0.456 e. The lowest BCUT2D eigenvalue weighted by Gasteiger charge is -2.54. The van der Waals surface area contributed by atoms with E-state index in [-0.39, 0.29) is 11.8 Å². The van der Waals surface area contributed by atoms with Crippen LogP contribution in [0.3, 0.4) is 0 Å². The van der Waals surface area contributed by atoms with E-state index in [1.165, 1.54) is 37.4 Å². The van der Waals surface area contributed by atoms with Crippen LogP contribution in [0.5, 0.6) is 0 Å². The molecule has 0 unspecified atom stereocenters. The van der Waals surface area contributed by atoms with E-state index >= 15 is 0 Å². The predicted molar refractivity (Wildman–Crippen MR) is 129 cm³/mol. The monoisotopic (exact) mass is 502 g/mol. The van der Waals surface area contributed by atoms with Crippen LogP contribution in [0.15, 0.2) is 47.6 Å². The number of hydrogen-bond donors (Lipinski definition) is 0. The third-order valence-electron chi connectivity index (χ3n) is 7.21. The van der Waals surface area contributed by atoms with Gasteiger partial charge >= 0.3 is 11.9 Å². The van der Waals surface area contributed by atoms with Crippen LogP contribution in [0.4, 0.5) is 0 Å². The maximum Gasteiger partial charge on any atom is 0.303 e. The second-order valence-corrected chi connectivity index (χ2v) is 11.1. The Bertz CT molecular complexity index is 1030. The number of nitrogens with zero attached hydrogens (tertiary/aromatic N) is 2. The van der Waals surface area contributed by atoms with Crippen LogP contribution in [-0.2, 0) is 28.7 Å². The van der Waals surface area contributed by atoms with E-state index < -0.39 is 46.0 Å². The molecule has 6 atom stereocenters. The maximum atomic E-state index is 14.5. The summed E-state index contributed by atoms with van der Waals surface area (Å²) in [4.78, 5) is 53.6. The van der Waals surface area contributed by atoms with Crippen molar-refractivity contribution in [3.05, 3.63) is 47.6 Å².